The number of nitrogens with one attached hydrogen (secondary N) is 2. The van der Waals surface area contributed by atoms with Crippen molar-refractivity contribution in [3.63, 3.8) is 0 Å². The van der Waals surface area contributed by atoms with E-state index in [1.165, 1.54) is 0 Å². The van der Waals surface area contributed by atoms with Crippen LogP contribution in [0.15, 0.2) is 42.5 Å². The van der Waals surface area contributed by atoms with Gasteiger partial charge in [-0.15, -0.1) is 0 Å². The van der Waals surface area contributed by atoms with Crippen molar-refractivity contribution in [2.24, 2.45) is 0 Å². The van der Waals surface area contributed by atoms with Crippen molar-refractivity contribution in [3.8, 4) is 17.6 Å². The number of anilines is 1. The Labute approximate surface area is 134 Å². The average Bonchev–Trinajstić information content (AvgIpc) is 2.60. The first-order chi connectivity index (χ1) is 11.1. The normalized spacial score (nSPS) is 9.61. The minimum Gasteiger partial charge on any atom is -0.497 e. The standard InChI is InChI=1S/C17H17N3O3/c1-22-15-7-13(8-16(9-15)23-2)11-19-17(21)20-14-5-3-12(10-18)4-6-14/h3-9H,11H2,1-2H3,(H2,19,20,21). The topological polar surface area (TPSA) is 83.4 Å². The van der Waals surface area contributed by atoms with Gasteiger partial charge in [0.15, 0.2) is 0 Å². The van der Waals surface area contributed by atoms with Gasteiger partial charge in [0.05, 0.1) is 25.9 Å². The third kappa shape index (κ3) is 4.64. The number of carbonyl (C=O) groups is 1. The van der Waals surface area contributed by atoms with Crippen LogP contribution in [-0.2, 0) is 6.54 Å². The van der Waals surface area contributed by atoms with E-state index in [4.69, 9.17) is 14.7 Å². The second-order valence-electron chi connectivity index (χ2n) is 4.72. The van der Waals surface area contributed by atoms with Crippen LogP contribution in [0.5, 0.6) is 11.5 Å². The van der Waals surface area contributed by atoms with E-state index in [1.54, 1.807) is 44.6 Å². The number of ether oxygens (including phenoxy) is 2. The first kappa shape index (κ1) is 16.2. The maximum atomic E-state index is 11.9. The molecule has 0 fully saturated rings. The molecule has 118 valence electrons. The summed E-state index contributed by atoms with van der Waals surface area (Å²) in [4.78, 5) is 11.9. The molecule has 6 nitrogen and oxygen atoms in total. The number of nitriles is 1. The van der Waals surface area contributed by atoms with E-state index in [0.29, 0.717) is 29.3 Å². The van der Waals surface area contributed by atoms with Gasteiger partial charge in [-0.1, -0.05) is 0 Å². The summed E-state index contributed by atoms with van der Waals surface area (Å²) in [5.41, 5.74) is 2.01. The van der Waals surface area contributed by atoms with Crippen molar-refractivity contribution >= 4 is 11.7 Å². The molecule has 0 bridgehead atoms. The number of rotatable bonds is 5. The molecule has 0 radical (unpaired) electrons. The molecular formula is C17H17N3O3. The van der Waals surface area contributed by atoms with Crippen molar-refractivity contribution in [1.29, 1.82) is 5.26 Å². The van der Waals surface area contributed by atoms with Crippen LogP contribution in [0.1, 0.15) is 11.1 Å². The van der Waals surface area contributed by atoms with E-state index in [-0.39, 0.29) is 6.03 Å². The molecule has 0 saturated carbocycles. The maximum absolute atomic E-state index is 11.9. The third-order valence-corrected chi connectivity index (χ3v) is 3.14. The molecule has 0 atom stereocenters. The van der Waals surface area contributed by atoms with Crippen LogP contribution in [-0.4, -0.2) is 20.3 Å². The lowest BCUT2D eigenvalue weighted by atomic mass is 10.2. The monoisotopic (exact) mass is 311 g/mol. The molecule has 0 spiro atoms. The summed E-state index contributed by atoms with van der Waals surface area (Å²) in [6, 6.07) is 13.7. The van der Waals surface area contributed by atoms with Crippen LogP contribution >= 0.6 is 0 Å². The predicted molar refractivity (Wildman–Crippen MR) is 86.6 cm³/mol. The lowest BCUT2D eigenvalue weighted by Gasteiger charge is -2.10. The first-order valence-electron chi connectivity index (χ1n) is 6.91. The number of methoxy groups -OCH3 is 2. The number of nitrogens with zero attached hydrogens (tertiary/aromatic N) is 1. The molecule has 0 heterocycles. The van der Waals surface area contributed by atoms with E-state index in [1.807, 2.05) is 18.2 Å². The first-order valence-corrected chi connectivity index (χ1v) is 6.91. The van der Waals surface area contributed by atoms with Crippen LogP contribution in [0.25, 0.3) is 0 Å². The van der Waals surface area contributed by atoms with Gasteiger partial charge < -0.3 is 20.1 Å². The molecule has 2 N–H and O–H groups in total. The van der Waals surface area contributed by atoms with Crippen LogP contribution < -0.4 is 20.1 Å². The number of urea groups is 1. The summed E-state index contributed by atoms with van der Waals surface area (Å²) >= 11 is 0. The average molecular weight is 311 g/mol. The molecule has 0 unspecified atom stereocenters. The summed E-state index contributed by atoms with van der Waals surface area (Å²) < 4.78 is 10.4. The Bertz CT molecular complexity index is 699. The number of amides is 2. The Morgan fingerprint density at radius 3 is 2.22 bits per heavy atom. The molecule has 0 aliphatic carbocycles. The summed E-state index contributed by atoms with van der Waals surface area (Å²) in [5.74, 6) is 1.32. The zero-order chi connectivity index (χ0) is 16.7. The fourth-order valence-corrected chi connectivity index (χ4v) is 1.95. The van der Waals surface area contributed by atoms with Gasteiger partial charge in [0.1, 0.15) is 11.5 Å². The van der Waals surface area contributed by atoms with E-state index < -0.39 is 0 Å². The van der Waals surface area contributed by atoms with Gasteiger partial charge in [-0.2, -0.15) is 5.26 Å². The quantitative estimate of drug-likeness (QED) is 0.889. The molecule has 0 aliphatic rings. The lowest BCUT2D eigenvalue weighted by Crippen LogP contribution is -2.28. The minimum atomic E-state index is -0.337. The largest absolute Gasteiger partial charge is 0.497 e. The molecule has 0 aromatic heterocycles. The summed E-state index contributed by atoms with van der Waals surface area (Å²) in [7, 11) is 3.15. The van der Waals surface area contributed by atoms with Crippen molar-refractivity contribution in [1.82, 2.24) is 5.32 Å². The predicted octanol–water partition coefficient (Wildman–Crippen LogP) is 2.90. The summed E-state index contributed by atoms with van der Waals surface area (Å²) in [6.07, 6.45) is 0. The fourth-order valence-electron chi connectivity index (χ4n) is 1.95. The Morgan fingerprint density at radius 2 is 1.70 bits per heavy atom. The SMILES string of the molecule is COc1cc(CNC(=O)Nc2ccc(C#N)cc2)cc(OC)c1. The van der Waals surface area contributed by atoms with Gasteiger partial charge in [-0.05, 0) is 42.0 Å². The molecule has 2 amide bonds. The molecule has 0 saturated heterocycles. The molecule has 2 aromatic carbocycles. The third-order valence-electron chi connectivity index (χ3n) is 3.14. The summed E-state index contributed by atoms with van der Waals surface area (Å²) in [5, 5.41) is 14.2. The Hall–Kier alpha value is -3.20. The van der Waals surface area contributed by atoms with Crippen LogP contribution in [0.2, 0.25) is 0 Å². The molecule has 0 aliphatic heterocycles. The van der Waals surface area contributed by atoms with Crippen LogP contribution in [0.3, 0.4) is 0 Å². The number of hydrogen-bond acceptors (Lipinski definition) is 4. The van der Waals surface area contributed by atoms with Gasteiger partial charge in [0, 0.05) is 18.3 Å². The maximum Gasteiger partial charge on any atom is 0.319 e. The highest BCUT2D eigenvalue weighted by molar-refractivity contribution is 5.89. The highest BCUT2D eigenvalue weighted by Gasteiger charge is 2.05. The minimum absolute atomic E-state index is 0.329. The van der Waals surface area contributed by atoms with Gasteiger partial charge in [-0.25, -0.2) is 4.79 Å². The van der Waals surface area contributed by atoms with Crippen molar-refractivity contribution < 1.29 is 14.3 Å². The van der Waals surface area contributed by atoms with Gasteiger partial charge in [-0.3, -0.25) is 0 Å². The lowest BCUT2D eigenvalue weighted by molar-refractivity contribution is 0.251. The van der Waals surface area contributed by atoms with Crippen molar-refractivity contribution in [3.05, 3.63) is 53.6 Å². The number of benzene rings is 2. The second kappa shape index (κ2) is 7.71. The molecule has 6 heteroatoms. The number of hydrogen-bond donors (Lipinski definition) is 2. The zero-order valence-electron chi connectivity index (χ0n) is 12.9. The smallest absolute Gasteiger partial charge is 0.319 e. The molecule has 23 heavy (non-hydrogen) atoms. The Kier molecular flexibility index (Phi) is 5.42. The Morgan fingerprint density at radius 1 is 1.09 bits per heavy atom. The highest BCUT2D eigenvalue weighted by atomic mass is 16.5. The Balaban J connectivity index is 1.94. The van der Waals surface area contributed by atoms with Crippen molar-refractivity contribution in [2.45, 2.75) is 6.54 Å². The van der Waals surface area contributed by atoms with Gasteiger partial charge in [0.25, 0.3) is 0 Å². The fraction of sp³-hybridized carbons (Fsp3) is 0.176. The molecular weight excluding hydrogens is 294 g/mol. The second-order valence-corrected chi connectivity index (χ2v) is 4.72. The van der Waals surface area contributed by atoms with Crippen LogP contribution in [0, 0.1) is 11.3 Å². The molecule has 2 aromatic rings. The van der Waals surface area contributed by atoms with Gasteiger partial charge >= 0.3 is 6.03 Å². The van der Waals surface area contributed by atoms with E-state index in [0.717, 1.165) is 5.56 Å². The van der Waals surface area contributed by atoms with E-state index >= 15 is 0 Å². The van der Waals surface area contributed by atoms with Gasteiger partial charge in [0.2, 0.25) is 0 Å². The zero-order valence-corrected chi connectivity index (χ0v) is 12.9. The van der Waals surface area contributed by atoms with E-state index in [2.05, 4.69) is 10.6 Å². The molecule has 2 rings (SSSR count). The van der Waals surface area contributed by atoms with Crippen molar-refractivity contribution in [2.75, 3.05) is 19.5 Å². The van der Waals surface area contributed by atoms with E-state index in [9.17, 15) is 4.79 Å². The summed E-state index contributed by atoms with van der Waals surface area (Å²) in [6.45, 7) is 0.329. The number of carbonyl (C=O) groups excluding carboxylic acids is 1. The highest BCUT2D eigenvalue weighted by Crippen LogP contribution is 2.22. The van der Waals surface area contributed by atoms with Crippen LogP contribution in [0.4, 0.5) is 10.5 Å².